The van der Waals surface area contributed by atoms with Crippen LogP contribution >= 0.6 is 11.3 Å². The molecule has 1 aliphatic heterocycles. The number of hydrazone groups is 1. The molecule has 0 fully saturated rings. The van der Waals surface area contributed by atoms with E-state index in [4.69, 9.17) is 9.15 Å². The molecule has 2 aromatic heterocycles. The average molecular weight is 417 g/mol. The van der Waals surface area contributed by atoms with Gasteiger partial charge in [-0.05, 0) is 47.8 Å². The molecule has 30 heavy (non-hydrogen) atoms. The summed E-state index contributed by atoms with van der Waals surface area (Å²) in [6, 6.07) is 17.4. The lowest BCUT2D eigenvalue weighted by molar-refractivity contribution is -0.130. The van der Waals surface area contributed by atoms with Gasteiger partial charge in [0, 0.05) is 29.3 Å². The Morgan fingerprint density at radius 1 is 1.17 bits per heavy atom. The van der Waals surface area contributed by atoms with Crippen LogP contribution in [-0.2, 0) is 4.79 Å². The van der Waals surface area contributed by atoms with Gasteiger partial charge in [-0.1, -0.05) is 12.1 Å². The fourth-order valence-electron chi connectivity index (χ4n) is 3.66. The molecule has 0 bridgehead atoms. The van der Waals surface area contributed by atoms with Crippen LogP contribution in [0.4, 0.5) is 0 Å². The third-order valence-corrected chi connectivity index (χ3v) is 6.12. The highest BCUT2D eigenvalue weighted by Crippen LogP contribution is 2.36. The number of thiophene rings is 1. The van der Waals surface area contributed by atoms with Crippen LogP contribution in [0.3, 0.4) is 0 Å². The molecule has 1 atom stereocenters. The summed E-state index contributed by atoms with van der Waals surface area (Å²) in [4.78, 5) is 17.9. The number of hydrogen-bond acceptors (Lipinski definition) is 6. The van der Waals surface area contributed by atoms with Crippen LogP contribution in [0.15, 0.2) is 69.5 Å². The molecule has 0 spiro atoms. The van der Waals surface area contributed by atoms with Crippen LogP contribution in [-0.4, -0.2) is 28.7 Å². The lowest BCUT2D eigenvalue weighted by Gasteiger charge is -2.18. The van der Waals surface area contributed by atoms with E-state index >= 15 is 0 Å². The normalized spacial score (nSPS) is 16.1. The van der Waals surface area contributed by atoms with Crippen molar-refractivity contribution >= 4 is 34.1 Å². The van der Waals surface area contributed by atoms with Crippen LogP contribution in [0.25, 0.3) is 22.6 Å². The second-order valence-electron chi connectivity index (χ2n) is 7.08. The predicted molar refractivity (Wildman–Crippen MR) is 117 cm³/mol. The molecule has 5 rings (SSSR count). The van der Waals surface area contributed by atoms with Crippen molar-refractivity contribution in [3.63, 3.8) is 0 Å². The van der Waals surface area contributed by atoms with E-state index in [1.807, 2.05) is 60.0 Å². The van der Waals surface area contributed by atoms with Gasteiger partial charge in [-0.15, -0.1) is 11.3 Å². The van der Waals surface area contributed by atoms with E-state index in [0.29, 0.717) is 17.9 Å². The van der Waals surface area contributed by atoms with E-state index in [0.717, 1.165) is 33.0 Å². The molecular formula is C23H19N3O3S. The maximum absolute atomic E-state index is 12.1. The third-order valence-electron chi connectivity index (χ3n) is 5.14. The number of carbonyl (C=O) groups is 1. The molecular weight excluding hydrogens is 398 g/mol. The number of ether oxygens (including phenoxy) is 1. The van der Waals surface area contributed by atoms with E-state index in [1.165, 1.54) is 0 Å². The second-order valence-corrected chi connectivity index (χ2v) is 8.06. The first kappa shape index (κ1) is 18.6. The van der Waals surface area contributed by atoms with Crippen molar-refractivity contribution in [2.75, 3.05) is 7.11 Å². The van der Waals surface area contributed by atoms with Crippen LogP contribution < -0.4 is 4.74 Å². The Morgan fingerprint density at radius 2 is 2.07 bits per heavy atom. The molecule has 1 aliphatic rings. The van der Waals surface area contributed by atoms with Crippen molar-refractivity contribution in [3.05, 3.63) is 70.4 Å². The van der Waals surface area contributed by atoms with E-state index in [-0.39, 0.29) is 11.9 Å². The Morgan fingerprint density at radius 3 is 2.83 bits per heavy atom. The number of amides is 1. The smallest absolute Gasteiger partial charge is 0.240 e. The van der Waals surface area contributed by atoms with E-state index in [2.05, 4.69) is 10.1 Å². The lowest BCUT2D eigenvalue weighted by atomic mass is 10.0. The Labute approximate surface area is 177 Å². The highest BCUT2D eigenvalue weighted by atomic mass is 32.1. The number of aromatic nitrogens is 1. The number of rotatable bonds is 4. The van der Waals surface area contributed by atoms with Gasteiger partial charge >= 0.3 is 0 Å². The van der Waals surface area contributed by atoms with Crippen molar-refractivity contribution in [1.82, 2.24) is 9.99 Å². The minimum absolute atomic E-state index is 0.0575. The Hall–Kier alpha value is -3.45. The number of benzene rings is 2. The molecule has 0 radical (unpaired) electrons. The molecule has 150 valence electrons. The SMILES string of the molecule is COc1cccc(-c2nc3cc(C4=NN(C(C)=O)C(c5cccs5)C4)ccc3o2)c1. The monoisotopic (exact) mass is 417 g/mol. The summed E-state index contributed by atoms with van der Waals surface area (Å²) in [5.41, 5.74) is 4.12. The topological polar surface area (TPSA) is 67.9 Å². The zero-order chi connectivity index (χ0) is 20.7. The van der Waals surface area contributed by atoms with Crippen molar-refractivity contribution in [2.45, 2.75) is 19.4 Å². The summed E-state index contributed by atoms with van der Waals surface area (Å²) in [5, 5.41) is 8.22. The van der Waals surface area contributed by atoms with Crippen LogP contribution in [0, 0.1) is 0 Å². The summed E-state index contributed by atoms with van der Waals surface area (Å²) < 4.78 is 11.2. The minimum atomic E-state index is -0.0637. The van der Waals surface area contributed by atoms with Crippen molar-refractivity contribution in [2.24, 2.45) is 5.10 Å². The molecule has 7 heteroatoms. The Bertz CT molecular complexity index is 1260. The largest absolute Gasteiger partial charge is 0.497 e. The lowest BCUT2D eigenvalue weighted by Crippen LogP contribution is -2.23. The van der Waals surface area contributed by atoms with Gasteiger partial charge in [0.05, 0.1) is 18.9 Å². The minimum Gasteiger partial charge on any atom is -0.497 e. The number of methoxy groups -OCH3 is 1. The van der Waals surface area contributed by atoms with Gasteiger partial charge in [-0.25, -0.2) is 9.99 Å². The first-order chi connectivity index (χ1) is 14.6. The van der Waals surface area contributed by atoms with Crippen LogP contribution in [0.5, 0.6) is 5.75 Å². The predicted octanol–water partition coefficient (Wildman–Crippen LogP) is 5.26. The Kier molecular flexibility index (Phi) is 4.59. The van der Waals surface area contributed by atoms with Gasteiger partial charge < -0.3 is 9.15 Å². The molecule has 0 saturated heterocycles. The number of nitrogens with zero attached hydrogens (tertiary/aromatic N) is 3. The molecule has 1 unspecified atom stereocenters. The molecule has 3 heterocycles. The summed E-state index contributed by atoms with van der Waals surface area (Å²) in [6.45, 7) is 1.55. The highest BCUT2D eigenvalue weighted by Gasteiger charge is 2.32. The van der Waals surface area contributed by atoms with Gasteiger partial charge in [-0.2, -0.15) is 5.10 Å². The molecule has 6 nitrogen and oxygen atoms in total. The summed E-state index contributed by atoms with van der Waals surface area (Å²) >= 11 is 1.64. The van der Waals surface area contributed by atoms with Crippen molar-refractivity contribution in [1.29, 1.82) is 0 Å². The standard InChI is InChI=1S/C23H19N3O3S/c1-14(27)26-20(22-7-4-10-30-22)13-18(25-26)15-8-9-21-19(12-15)24-23(29-21)16-5-3-6-17(11-16)28-2/h3-12,20H,13H2,1-2H3. The summed E-state index contributed by atoms with van der Waals surface area (Å²) in [7, 11) is 1.63. The zero-order valence-electron chi connectivity index (χ0n) is 16.5. The fourth-order valence-corrected chi connectivity index (χ4v) is 4.48. The molecule has 0 saturated carbocycles. The van der Waals surface area contributed by atoms with E-state index in [9.17, 15) is 4.79 Å². The van der Waals surface area contributed by atoms with Crippen molar-refractivity contribution < 1.29 is 13.9 Å². The number of carbonyl (C=O) groups excluding carboxylic acids is 1. The van der Waals surface area contributed by atoms with Gasteiger partial charge in [0.2, 0.25) is 11.8 Å². The number of oxazole rings is 1. The van der Waals surface area contributed by atoms with E-state index in [1.54, 1.807) is 30.4 Å². The quantitative estimate of drug-likeness (QED) is 0.454. The van der Waals surface area contributed by atoms with Gasteiger partial charge in [0.1, 0.15) is 11.3 Å². The maximum Gasteiger partial charge on any atom is 0.240 e. The van der Waals surface area contributed by atoms with Gasteiger partial charge in [0.15, 0.2) is 5.58 Å². The first-order valence-corrected chi connectivity index (χ1v) is 10.5. The Balaban J connectivity index is 1.49. The number of fused-ring (bicyclic) bond motifs is 1. The average Bonchev–Trinajstić information content (AvgIpc) is 3.51. The van der Waals surface area contributed by atoms with Gasteiger partial charge in [0.25, 0.3) is 0 Å². The summed E-state index contributed by atoms with van der Waals surface area (Å²) in [6.07, 6.45) is 0.673. The van der Waals surface area contributed by atoms with Crippen LogP contribution in [0.2, 0.25) is 0 Å². The number of hydrogen-bond donors (Lipinski definition) is 0. The molecule has 1 amide bonds. The maximum atomic E-state index is 12.1. The summed E-state index contributed by atoms with van der Waals surface area (Å²) in [5.74, 6) is 1.22. The van der Waals surface area contributed by atoms with Gasteiger partial charge in [-0.3, -0.25) is 4.79 Å². The molecule has 0 aliphatic carbocycles. The van der Waals surface area contributed by atoms with Crippen molar-refractivity contribution in [3.8, 4) is 17.2 Å². The second kappa shape index (κ2) is 7.42. The zero-order valence-corrected chi connectivity index (χ0v) is 17.3. The molecule has 2 aromatic carbocycles. The van der Waals surface area contributed by atoms with E-state index < -0.39 is 0 Å². The van der Waals surface area contributed by atoms with Crippen LogP contribution in [0.1, 0.15) is 29.8 Å². The third kappa shape index (κ3) is 3.27. The molecule has 0 N–H and O–H groups in total. The fraction of sp³-hybridized carbons (Fsp3) is 0.174. The first-order valence-electron chi connectivity index (χ1n) is 9.58. The molecule has 4 aromatic rings. The highest BCUT2D eigenvalue weighted by molar-refractivity contribution is 7.10.